The van der Waals surface area contributed by atoms with Crippen LogP contribution in [0.5, 0.6) is 0 Å². The number of hydrogen-bond donors (Lipinski definition) is 2. The molecule has 2 aromatic rings. The molecule has 0 spiro atoms. The van der Waals surface area contributed by atoms with Gasteiger partial charge in [0, 0.05) is 5.56 Å². The van der Waals surface area contributed by atoms with Crippen LogP contribution in [0.15, 0.2) is 30.5 Å². The van der Waals surface area contributed by atoms with E-state index in [0.717, 1.165) is 22.7 Å². The highest BCUT2D eigenvalue weighted by molar-refractivity contribution is 7.98. The van der Waals surface area contributed by atoms with Crippen LogP contribution in [0.3, 0.4) is 0 Å². The molecule has 124 valence electrons. The standard InChI is InChI=1S/C17H24N4OS/c1-12-5-4-6-14(9-12)11-21-16(13(2)10-19-21)20-17(22)15(18)7-8-23-3/h4-6,9-10,15H,7-8,11,18H2,1-3H3,(H,20,22)/t15-/m0/s1. The van der Waals surface area contributed by atoms with E-state index in [1.807, 2.05) is 23.9 Å². The molecule has 5 nitrogen and oxygen atoms in total. The van der Waals surface area contributed by atoms with Crippen molar-refractivity contribution in [1.29, 1.82) is 0 Å². The quantitative estimate of drug-likeness (QED) is 0.817. The van der Waals surface area contributed by atoms with E-state index in [1.165, 1.54) is 5.56 Å². The van der Waals surface area contributed by atoms with Crippen molar-refractivity contribution in [1.82, 2.24) is 9.78 Å². The summed E-state index contributed by atoms with van der Waals surface area (Å²) in [6.07, 6.45) is 4.43. The largest absolute Gasteiger partial charge is 0.320 e. The summed E-state index contributed by atoms with van der Waals surface area (Å²) in [6.45, 7) is 4.61. The van der Waals surface area contributed by atoms with E-state index in [-0.39, 0.29) is 5.91 Å². The molecule has 0 aliphatic heterocycles. The van der Waals surface area contributed by atoms with E-state index in [0.29, 0.717) is 13.0 Å². The SMILES string of the molecule is CSCC[C@H](N)C(=O)Nc1c(C)cnn1Cc1cccc(C)c1. The van der Waals surface area contributed by atoms with Crippen LogP contribution in [0.2, 0.25) is 0 Å². The Hall–Kier alpha value is -1.79. The number of anilines is 1. The molecule has 0 aliphatic rings. The maximum atomic E-state index is 12.2. The van der Waals surface area contributed by atoms with Gasteiger partial charge in [-0.25, -0.2) is 4.68 Å². The van der Waals surface area contributed by atoms with Gasteiger partial charge in [0.05, 0.1) is 18.8 Å². The lowest BCUT2D eigenvalue weighted by atomic mass is 10.1. The van der Waals surface area contributed by atoms with E-state index in [9.17, 15) is 4.79 Å². The molecular weight excluding hydrogens is 308 g/mol. The zero-order chi connectivity index (χ0) is 16.8. The number of carbonyl (C=O) groups is 1. The number of aryl methyl sites for hydroxylation is 2. The fraction of sp³-hybridized carbons (Fsp3) is 0.412. The molecule has 6 heteroatoms. The number of nitrogens with two attached hydrogens (primary N) is 1. The first-order valence-electron chi connectivity index (χ1n) is 7.64. The van der Waals surface area contributed by atoms with E-state index in [2.05, 4.69) is 35.5 Å². The summed E-state index contributed by atoms with van der Waals surface area (Å²) in [5.74, 6) is 1.43. The Morgan fingerprint density at radius 1 is 1.43 bits per heavy atom. The van der Waals surface area contributed by atoms with Crippen molar-refractivity contribution in [2.45, 2.75) is 32.9 Å². The molecule has 2 rings (SSSR count). The van der Waals surface area contributed by atoms with Gasteiger partial charge in [0.25, 0.3) is 0 Å². The van der Waals surface area contributed by atoms with Crippen LogP contribution in [-0.4, -0.2) is 33.7 Å². The number of hydrogen-bond acceptors (Lipinski definition) is 4. The topological polar surface area (TPSA) is 72.9 Å². The summed E-state index contributed by atoms with van der Waals surface area (Å²) in [7, 11) is 0. The Morgan fingerprint density at radius 3 is 2.91 bits per heavy atom. The molecule has 23 heavy (non-hydrogen) atoms. The first-order chi connectivity index (χ1) is 11.0. The van der Waals surface area contributed by atoms with Gasteiger partial charge in [-0.1, -0.05) is 29.8 Å². The van der Waals surface area contributed by atoms with Crippen molar-refractivity contribution in [3.8, 4) is 0 Å². The Kier molecular flexibility index (Phi) is 6.24. The van der Waals surface area contributed by atoms with Gasteiger partial charge in [0.2, 0.25) is 5.91 Å². The van der Waals surface area contributed by atoms with E-state index in [1.54, 1.807) is 18.0 Å². The van der Waals surface area contributed by atoms with Gasteiger partial charge in [-0.15, -0.1) is 0 Å². The number of rotatable bonds is 7. The number of aromatic nitrogens is 2. The minimum absolute atomic E-state index is 0.159. The molecular formula is C17H24N4OS. The second-order valence-corrected chi connectivity index (χ2v) is 6.69. The molecule has 0 bridgehead atoms. The second kappa shape index (κ2) is 8.17. The van der Waals surface area contributed by atoms with E-state index in [4.69, 9.17) is 5.73 Å². The average Bonchev–Trinajstić information content (AvgIpc) is 2.85. The predicted octanol–water partition coefficient (Wildman–Crippen LogP) is 2.57. The van der Waals surface area contributed by atoms with Crippen LogP contribution in [0.1, 0.15) is 23.1 Å². The number of amides is 1. The smallest absolute Gasteiger partial charge is 0.242 e. The summed E-state index contributed by atoms with van der Waals surface area (Å²) < 4.78 is 1.81. The molecule has 0 aliphatic carbocycles. The van der Waals surface area contributed by atoms with Crippen molar-refractivity contribution < 1.29 is 4.79 Å². The molecule has 1 amide bonds. The van der Waals surface area contributed by atoms with Gasteiger partial charge < -0.3 is 11.1 Å². The molecule has 0 saturated heterocycles. The van der Waals surface area contributed by atoms with E-state index >= 15 is 0 Å². The Bertz CT molecular complexity index is 668. The molecule has 0 radical (unpaired) electrons. The fourth-order valence-electron chi connectivity index (χ4n) is 2.33. The molecule has 1 aromatic carbocycles. The molecule has 0 saturated carbocycles. The third kappa shape index (κ3) is 4.84. The summed E-state index contributed by atoms with van der Waals surface area (Å²) >= 11 is 1.69. The van der Waals surface area contributed by atoms with Crippen LogP contribution in [0.4, 0.5) is 5.82 Å². The Labute approximate surface area is 141 Å². The lowest BCUT2D eigenvalue weighted by Gasteiger charge is -2.14. The lowest BCUT2D eigenvalue weighted by molar-refractivity contribution is -0.117. The van der Waals surface area contributed by atoms with Crippen LogP contribution in [0.25, 0.3) is 0 Å². The summed E-state index contributed by atoms with van der Waals surface area (Å²) in [5.41, 5.74) is 9.22. The van der Waals surface area contributed by atoms with E-state index < -0.39 is 6.04 Å². The van der Waals surface area contributed by atoms with Crippen molar-refractivity contribution in [2.24, 2.45) is 5.73 Å². The highest BCUT2D eigenvalue weighted by Crippen LogP contribution is 2.17. The predicted molar refractivity (Wildman–Crippen MR) is 96.8 cm³/mol. The van der Waals surface area contributed by atoms with Gasteiger partial charge in [-0.3, -0.25) is 4.79 Å². The van der Waals surface area contributed by atoms with Crippen molar-refractivity contribution >= 4 is 23.5 Å². The number of thioether (sulfide) groups is 1. The van der Waals surface area contributed by atoms with Gasteiger partial charge >= 0.3 is 0 Å². The first-order valence-corrected chi connectivity index (χ1v) is 9.04. The van der Waals surface area contributed by atoms with Gasteiger partial charge in [-0.05, 0) is 37.8 Å². The maximum Gasteiger partial charge on any atom is 0.242 e. The van der Waals surface area contributed by atoms with Crippen LogP contribution < -0.4 is 11.1 Å². The highest BCUT2D eigenvalue weighted by Gasteiger charge is 2.17. The molecule has 0 unspecified atom stereocenters. The van der Waals surface area contributed by atoms with Crippen molar-refractivity contribution in [2.75, 3.05) is 17.3 Å². The number of benzene rings is 1. The fourth-order valence-corrected chi connectivity index (χ4v) is 2.82. The monoisotopic (exact) mass is 332 g/mol. The number of nitrogens with one attached hydrogen (secondary N) is 1. The number of nitrogens with zero attached hydrogens (tertiary/aromatic N) is 2. The second-order valence-electron chi connectivity index (χ2n) is 5.70. The third-order valence-electron chi connectivity index (χ3n) is 3.65. The normalized spacial score (nSPS) is 12.2. The maximum absolute atomic E-state index is 12.2. The van der Waals surface area contributed by atoms with Crippen LogP contribution in [0, 0.1) is 13.8 Å². The minimum atomic E-state index is -0.496. The zero-order valence-corrected chi connectivity index (χ0v) is 14.7. The first kappa shape index (κ1) is 17.6. The molecule has 1 heterocycles. The van der Waals surface area contributed by atoms with Crippen molar-refractivity contribution in [3.63, 3.8) is 0 Å². The summed E-state index contributed by atoms with van der Waals surface area (Å²) in [4.78, 5) is 12.2. The van der Waals surface area contributed by atoms with Gasteiger partial charge in [-0.2, -0.15) is 16.9 Å². The van der Waals surface area contributed by atoms with Gasteiger partial charge in [0.15, 0.2) is 0 Å². The van der Waals surface area contributed by atoms with Gasteiger partial charge in [0.1, 0.15) is 5.82 Å². The third-order valence-corrected chi connectivity index (χ3v) is 4.29. The highest BCUT2D eigenvalue weighted by atomic mass is 32.2. The average molecular weight is 332 g/mol. The molecule has 1 atom stereocenters. The molecule has 0 fully saturated rings. The minimum Gasteiger partial charge on any atom is -0.320 e. The lowest BCUT2D eigenvalue weighted by Crippen LogP contribution is -2.36. The number of carbonyl (C=O) groups excluding carboxylic acids is 1. The zero-order valence-electron chi connectivity index (χ0n) is 13.9. The molecule has 1 aromatic heterocycles. The Balaban J connectivity index is 2.10. The van der Waals surface area contributed by atoms with Crippen molar-refractivity contribution in [3.05, 3.63) is 47.2 Å². The summed E-state index contributed by atoms with van der Waals surface area (Å²) in [5, 5.41) is 7.30. The summed E-state index contributed by atoms with van der Waals surface area (Å²) in [6, 6.07) is 7.76. The Morgan fingerprint density at radius 2 is 2.22 bits per heavy atom. The van der Waals surface area contributed by atoms with Crippen LogP contribution in [-0.2, 0) is 11.3 Å². The molecule has 3 N–H and O–H groups in total. The van der Waals surface area contributed by atoms with Crippen LogP contribution >= 0.6 is 11.8 Å².